The third-order valence-corrected chi connectivity index (χ3v) is 6.30. The first-order chi connectivity index (χ1) is 19.2. The maximum atomic E-state index is 13.1. The summed E-state index contributed by atoms with van der Waals surface area (Å²) in [4.78, 5) is 24.9. The molecule has 0 amide bonds. The van der Waals surface area contributed by atoms with Crippen LogP contribution in [0.2, 0.25) is 0 Å². The first-order valence-corrected chi connectivity index (χ1v) is 13.7. The summed E-state index contributed by atoms with van der Waals surface area (Å²) in [5.74, 6) is -0.869. The van der Waals surface area contributed by atoms with E-state index >= 15 is 0 Å². The molecule has 1 heterocycles. The highest BCUT2D eigenvalue weighted by Gasteiger charge is 2.51. The number of carbonyl (C=O) groups excluding carboxylic acids is 2. The Morgan fingerprint density at radius 2 is 1.45 bits per heavy atom. The van der Waals surface area contributed by atoms with Gasteiger partial charge in [0.05, 0.1) is 25.2 Å². The number of hydrogen-bond acceptors (Lipinski definition) is 8. The van der Waals surface area contributed by atoms with Crippen LogP contribution in [0.4, 0.5) is 0 Å². The molecule has 1 aliphatic rings. The van der Waals surface area contributed by atoms with Gasteiger partial charge in [0.15, 0.2) is 12.4 Å². The second-order valence-electron chi connectivity index (χ2n) is 10.8. The van der Waals surface area contributed by atoms with Gasteiger partial charge in [-0.25, -0.2) is 0 Å². The van der Waals surface area contributed by atoms with Crippen LogP contribution in [0.5, 0.6) is 0 Å². The zero-order chi connectivity index (χ0) is 29.0. The molecule has 0 spiro atoms. The number of rotatable bonds is 14. The standard InChI is InChI=1S/C32H42O8/c1-6-7-14-19-35-30-29(40-31(34)32(3,4)5)28(38-21-25-17-12-9-13-18-25)27(26(39-30)22-36-23(2)33)37-20-24-15-10-8-11-16-24/h6,8-13,15-18,26-30H,1,7,14,19-22H2,2-5H3/t26-,27-,28+,29-,30-/m1/s1. The van der Waals surface area contributed by atoms with Gasteiger partial charge < -0.3 is 28.4 Å². The van der Waals surface area contributed by atoms with Gasteiger partial charge in [0.2, 0.25) is 0 Å². The van der Waals surface area contributed by atoms with Crippen molar-refractivity contribution in [2.45, 2.75) is 84.5 Å². The Hall–Kier alpha value is -3.04. The van der Waals surface area contributed by atoms with Gasteiger partial charge in [-0.1, -0.05) is 66.7 Å². The van der Waals surface area contributed by atoms with Gasteiger partial charge in [-0.2, -0.15) is 0 Å². The summed E-state index contributed by atoms with van der Waals surface area (Å²) in [7, 11) is 0. The predicted molar refractivity (Wildman–Crippen MR) is 150 cm³/mol. The lowest BCUT2D eigenvalue weighted by atomic mass is 9.95. The molecule has 2 aromatic carbocycles. The van der Waals surface area contributed by atoms with Crippen molar-refractivity contribution in [3.8, 4) is 0 Å². The summed E-state index contributed by atoms with van der Waals surface area (Å²) in [6.45, 7) is 11.2. The van der Waals surface area contributed by atoms with Gasteiger partial charge >= 0.3 is 11.9 Å². The van der Waals surface area contributed by atoms with E-state index < -0.39 is 48.1 Å². The van der Waals surface area contributed by atoms with Crippen LogP contribution in [-0.4, -0.2) is 55.9 Å². The van der Waals surface area contributed by atoms with Crippen molar-refractivity contribution in [2.75, 3.05) is 13.2 Å². The van der Waals surface area contributed by atoms with Crippen LogP contribution in [0.25, 0.3) is 0 Å². The van der Waals surface area contributed by atoms with Gasteiger partial charge in [-0.3, -0.25) is 9.59 Å². The average molecular weight is 555 g/mol. The fourth-order valence-electron chi connectivity index (χ4n) is 4.12. The highest BCUT2D eigenvalue weighted by Crippen LogP contribution is 2.32. The maximum Gasteiger partial charge on any atom is 0.311 e. The van der Waals surface area contributed by atoms with E-state index in [9.17, 15) is 9.59 Å². The minimum absolute atomic E-state index is 0.0769. The average Bonchev–Trinajstić information content (AvgIpc) is 2.93. The van der Waals surface area contributed by atoms with E-state index in [-0.39, 0.29) is 19.8 Å². The molecule has 218 valence electrons. The van der Waals surface area contributed by atoms with E-state index in [2.05, 4.69) is 6.58 Å². The monoisotopic (exact) mass is 554 g/mol. The fraction of sp³-hybridized carbons (Fsp3) is 0.500. The number of unbranched alkanes of at least 4 members (excludes halogenated alkanes) is 1. The number of esters is 2. The highest BCUT2D eigenvalue weighted by molar-refractivity contribution is 5.75. The second kappa shape index (κ2) is 15.7. The predicted octanol–water partition coefficient (Wildman–Crippen LogP) is 5.39. The molecule has 8 heteroatoms. The molecule has 1 aliphatic heterocycles. The van der Waals surface area contributed by atoms with Crippen molar-refractivity contribution in [2.24, 2.45) is 5.41 Å². The number of hydrogen-bond donors (Lipinski definition) is 0. The molecule has 0 N–H and O–H groups in total. The molecule has 0 aliphatic carbocycles. The van der Waals surface area contributed by atoms with E-state index in [1.54, 1.807) is 20.8 Å². The molecule has 40 heavy (non-hydrogen) atoms. The van der Waals surface area contributed by atoms with Crippen LogP contribution in [0.15, 0.2) is 73.3 Å². The van der Waals surface area contributed by atoms with Crippen molar-refractivity contribution in [3.05, 3.63) is 84.4 Å². The van der Waals surface area contributed by atoms with E-state index in [0.717, 1.165) is 17.5 Å². The molecule has 8 nitrogen and oxygen atoms in total. The second-order valence-corrected chi connectivity index (χ2v) is 10.8. The highest BCUT2D eigenvalue weighted by atomic mass is 16.7. The Morgan fingerprint density at radius 3 is 1.98 bits per heavy atom. The largest absolute Gasteiger partial charge is 0.463 e. The summed E-state index contributed by atoms with van der Waals surface area (Å²) in [5, 5.41) is 0. The van der Waals surface area contributed by atoms with E-state index in [1.165, 1.54) is 6.92 Å². The van der Waals surface area contributed by atoms with Crippen LogP contribution in [0, 0.1) is 5.41 Å². The lowest BCUT2D eigenvalue weighted by molar-refractivity contribution is -0.320. The van der Waals surface area contributed by atoms with Gasteiger partial charge in [-0.05, 0) is 44.7 Å². The third kappa shape index (κ3) is 9.86. The molecule has 2 aromatic rings. The molecular weight excluding hydrogens is 512 g/mol. The first kappa shape index (κ1) is 31.5. The Morgan fingerprint density at radius 1 is 0.875 bits per heavy atom. The number of ether oxygens (including phenoxy) is 6. The summed E-state index contributed by atoms with van der Waals surface area (Å²) in [6, 6.07) is 19.4. The normalized spacial score (nSPS) is 22.9. The zero-order valence-electron chi connectivity index (χ0n) is 24.0. The van der Waals surface area contributed by atoms with Crippen molar-refractivity contribution >= 4 is 11.9 Å². The van der Waals surface area contributed by atoms with Crippen molar-refractivity contribution in [3.63, 3.8) is 0 Å². The Balaban J connectivity index is 1.96. The first-order valence-electron chi connectivity index (χ1n) is 13.7. The lowest BCUT2D eigenvalue weighted by Gasteiger charge is -2.45. The molecule has 0 saturated carbocycles. The molecule has 3 rings (SSSR count). The van der Waals surface area contributed by atoms with Crippen LogP contribution in [0.3, 0.4) is 0 Å². The smallest absolute Gasteiger partial charge is 0.311 e. The number of allylic oxidation sites excluding steroid dienone is 1. The number of carbonyl (C=O) groups is 2. The van der Waals surface area contributed by atoms with Gasteiger partial charge in [0.25, 0.3) is 0 Å². The van der Waals surface area contributed by atoms with Crippen molar-refractivity contribution in [1.29, 1.82) is 0 Å². The van der Waals surface area contributed by atoms with Crippen molar-refractivity contribution < 1.29 is 38.0 Å². The lowest BCUT2D eigenvalue weighted by Crippen LogP contribution is -2.62. The van der Waals surface area contributed by atoms with E-state index in [4.69, 9.17) is 28.4 Å². The third-order valence-electron chi connectivity index (χ3n) is 6.30. The number of benzene rings is 2. The minimum atomic E-state index is -0.964. The summed E-state index contributed by atoms with van der Waals surface area (Å²) < 4.78 is 36.7. The van der Waals surface area contributed by atoms with E-state index in [1.807, 2.05) is 66.7 Å². The summed E-state index contributed by atoms with van der Waals surface area (Å²) in [6.07, 6.45) is -0.882. The van der Waals surface area contributed by atoms with Gasteiger partial charge in [0.1, 0.15) is 24.9 Å². The molecule has 0 radical (unpaired) electrons. The molecule has 1 fully saturated rings. The molecule has 0 unspecified atom stereocenters. The van der Waals surface area contributed by atoms with Crippen LogP contribution in [-0.2, 0) is 51.2 Å². The molecule has 1 saturated heterocycles. The van der Waals surface area contributed by atoms with Gasteiger partial charge in [-0.15, -0.1) is 6.58 Å². The van der Waals surface area contributed by atoms with Crippen LogP contribution in [0.1, 0.15) is 51.7 Å². The Kier molecular flexibility index (Phi) is 12.3. The fourth-order valence-corrected chi connectivity index (χ4v) is 4.12. The Labute approximate surface area is 237 Å². The zero-order valence-corrected chi connectivity index (χ0v) is 24.0. The van der Waals surface area contributed by atoms with Crippen LogP contribution >= 0.6 is 0 Å². The topological polar surface area (TPSA) is 89.5 Å². The maximum absolute atomic E-state index is 13.1. The summed E-state index contributed by atoms with van der Waals surface area (Å²) in [5.41, 5.74) is 1.12. The minimum Gasteiger partial charge on any atom is -0.463 e. The summed E-state index contributed by atoms with van der Waals surface area (Å²) >= 11 is 0. The van der Waals surface area contributed by atoms with Crippen molar-refractivity contribution in [1.82, 2.24) is 0 Å². The SMILES string of the molecule is C=CCCCO[C@@H]1O[C@H](COC(C)=O)[C@@H](OCc2ccccc2)[C@H](OCc2ccccc2)[C@H]1OC(=O)C(C)(C)C. The van der Waals surface area contributed by atoms with E-state index in [0.29, 0.717) is 13.0 Å². The molecular formula is C32H42O8. The quantitative estimate of drug-likeness (QED) is 0.175. The molecule has 0 aromatic heterocycles. The van der Waals surface area contributed by atoms with Crippen LogP contribution < -0.4 is 0 Å². The molecule has 0 bridgehead atoms. The Bertz CT molecular complexity index is 1050. The van der Waals surface area contributed by atoms with Gasteiger partial charge in [0, 0.05) is 6.92 Å². The molecule has 5 atom stereocenters.